The lowest BCUT2D eigenvalue weighted by molar-refractivity contribution is 0.102. The van der Waals surface area contributed by atoms with E-state index in [1.165, 1.54) is 12.3 Å². The van der Waals surface area contributed by atoms with E-state index in [-0.39, 0.29) is 17.6 Å². The van der Waals surface area contributed by atoms with Gasteiger partial charge in [0.25, 0.3) is 5.91 Å². The molecule has 1 aromatic heterocycles. The van der Waals surface area contributed by atoms with Crippen LogP contribution < -0.4 is 15.5 Å². The number of H-pyrrole nitrogens is 1. The lowest BCUT2D eigenvalue weighted by Crippen LogP contribution is -2.21. The first-order chi connectivity index (χ1) is 10.1. The number of hydrogen-bond donors (Lipinski definition) is 2. The summed E-state index contributed by atoms with van der Waals surface area (Å²) in [5, 5.41) is 11.1. The number of rotatable bonds is 4. The number of ether oxygens (including phenoxy) is 1. The molecule has 0 aliphatic rings. The van der Waals surface area contributed by atoms with Crippen molar-refractivity contribution in [3.63, 3.8) is 0 Å². The molecule has 0 spiro atoms. The molecule has 0 saturated heterocycles. The fourth-order valence-corrected chi connectivity index (χ4v) is 1.73. The van der Waals surface area contributed by atoms with Crippen LogP contribution >= 0.6 is 0 Å². The van der Waals surface area contributed by atoms with Gasteiger partial charge in [-0.2, -0.15) is 5.26 Å². The van der Waals surface area contributed by atoms with Gasteiger partial charge in [-0.1, -0.05) is 6.07 Å². The highest BCUT2D eigenvalue weighted by Crippen LogP contribution is 2.17. The van der Waals surface area contributed by atoms with E-state index in [1.54, 1.807) is 31.2 Å². The predicted octanol–water partition coefficient (Wildman–Crippen LogP) is 1.84. The normalized spacial score (nSPS) is 9.71. The molecule has 0 aliphatic heterocycles. The molecule has 1 aromatic carbocycles. The number of aryl methyl sites for hydroxylation is 1. The minimum atomic E-state index is -0.506. The average Bonchev–Trinajstić information content (AvgIpc) is 2.45. The van der Waals surface area contributed by atoms with Gasteiger partial charge in [0.15, 0.2) is 12.0 Å². The summed E-state index contributed by atoms with van der Waals surface area (Å²) in [6.07, 6.45) is 1.38. The molecule has 21 heavy (non-hydrogen) atoms. The van der Waals surface area contributed by atoms with E-state index >= 15 is 0 Å². The van der Waals surface area contributed by atoms with E-state index in [1.807, 2.05) is 6.07 Å². The second-order valence-electron chi connectivity index (χ2n) is 4.32. The number of anilines is 1. The Kier molecular flexibility index (Phi) is 4.36. The zero-order valence-electron chi connectivity index (χ0n) is 11.3. The summed E-state index contributed by atoms with van der Waals surface area (Å²) < 4.78 is 5.14. The highest BCUT2D eigenvalue weighted by molar-refractivity contribution is 6.04. The minimum Gasteiger partial charge on any atom is -0.479 e. The first kappa shape index (κ1) is 14.3. The molecule has 2 rings (SSSR count). The number of amides is 1. The number of nitrogens with zero attached hydrogens (tertiary/aromatic N) is 1. The molecular weight excluding hydrogens is 270 g/mol. The number of benzene rings is 1. The monoisotopic (exact) mass is 283 g/mol. The Hall–Kier alpha value is -3.07. The van der Waals surface area contributed by atoms with Gasteiger partial charge in [-0.15, -0.1) is 0 Å². The zero-order chi connectivity index (χ0) is 15.2. The molecule has 0 unspecified atom stereocenters. The Balaban J connectivity index is 2.16. The van der Waals surface area contributed by atoms with Gasteiger partial charge in [-0.05, 0) is 19.1 Å². The molecule has 6 nitrogen and oxygen atoms in total. The summed E-state index contributed by atoms with van der Waals surface area (Å²) in [5.74, 6) is -0.0409. The van der Waals surface area contributed by atoms with E-state index in [0.29, 0.717) is 17.1 Å². The third-order valence-corrected chi connectivity index (χ3v) is 2.70. The molecule has 2 aromatic rings. The Morgan fingerprint density at radius 3 is 2.95 bits per heavy atom. The maximum Gasteiger partial charge on any atom is 0.261 e. The summed E-state index contributed by atoms with van der Waals surface area (Å²) in [6, 6.07) is 9.82. The first-order valence-electron chi connectivity index (χ1n) is 6.20. The molecule has 0 bridgehead atoms. The van der Waals surface area contributed by atoms with Crippen LogP contribution in [0.15, 0.2) is 41.3 Å². The molecule has 0 atom stereocenters. The van der Waals surface area contributed by atoms with Crippen LogP contribution in [0.5, 0.6) is 5.75 Å². The van der Waals surface area contributed by atoms with Crippen LogP contribution in [0.4, 0.5) is 5.69 Å². The third-order valence-electron chi connectivity index (χ3n) is 2.70. The van der Waals surface area contributed by atoms with Crippen molar-refractivity contribution in [3.05, 3.63) is 58.0 Å². The lowest BCUT2D eigenvalue weighted by Gasteiger charge is -2.07. The first-order valence-corrected chi connectivity index (χ1v) is 6.20. The Morgan fingerprint density at radius 1 is 1.43 bits per heavy atom. The lowest BCUT2D eigenvalue weighted by atomic mass is 10.2. The molecule has 0 aliphatic carbocycles. The van der Waals surface area contributed by atoms with Gasteiger partial charge in [-0.3, -0.25) is 9.59 Å². The van der Waals surface area contributed by atoms with Crippen molar-refractivity contribution in [2.24, 2.45) is 0 Å². The topological polar surface area (TPSA) is 95.0 Å². The molecule has 6 heteroatoms. The van der Waals surface area contributed by atoms with Crippen molar-refractivity contribution in [1.82, 2.24) is 4.98 Å². The minimum absolute atomic E-state index is 0.0314. The molecule has 0 saturated carbocycles. The fourth-order valence-electron chi connectivity index (χ4n) is 1.73. The quantitative estimate of drug-likeness (QED) is 0.895. The molecule has 1 amide bonds. The second kappa shape index (κ2) is 6.39. The Labute approximate surface area is 121 Å². The van der Waals surface area contributed by atoms with Gasteiger partial charge in [-0.25, -0.2) is 0 Å². The number of aromatic nitrogens is 1. The van der Waals surface area contributed by atoms with Crippen molar-refractivity contribution in [2.45, 2.75) is 6.92 Å². The Morgan fingerprint density at radius 2 is 2.24 bits per heavy atom. The van der Waals surface area contributed by atoms with Gasteiger partial charge < -0.3 is 15.0 Å². The van der Waals surface area contributed by atoms with Crippen LogP contribution in [-0.2, 0) is 0 Å². The van der Waals surface area contributed by atoms with Crippen molar-refractivity contribution < 1.29 is 9.53 Å². The van der Waals surface area contributed by atoms with Gasteiger partial charge in [0.1, 0.15) is 17.4 Å². The molecule has 1 heterocycles. The van der Waals surface area contributed by atoms with Crippen LogP contribution in [-0.4, -0.2) is 17.5 Å². The number of carbonyl (C=O) groups is 1. The molecule has 0 fully saturated rings. The van der Waals surface area contributed by atoms with E-state index in [0.717, 1.165) is 0 Å². The summed E-state index contributed by atoms with van der Waals surface area (Å²) >= 11 is 0. The van der Waals surface area contributed by atoms with Gasteiger partial charge in [0.05, 0.1) is 0 Å². The van der Waals surface area contributed by atoms with E-state index in [4.69, 9.17) is 10.00 Å². The van der Waals surface area contributed by atoms with Crippen LogP contribution in [0.2, 0.25) is 0 Å². The van der Waals surface area contributed by atoms with Crippen LogP contribution in [0.3, 0.4) is 0 Å². The Bertz CT molecular complexity index is 759. The van der Waals surface area contributed by atoms with E-state index < -0.39 is 5.91 Å². The maximum absolute atomic E-state index is 12.0. The van der Waals surface area contributed by atoms with Gasteiger partial charge in [0.2, 0.25) is 0 Å². The smallest absolute Gasteiger partial charge is 0.261 e. The van der Waals surface area contributed by atoms with E-state index in [9.17, 15) is 9.59 Å². The number of nitriles is 1. The fraction of sp³-hybridized carbons (Fsp3) is 0.133. The van der Waals surface area contributed by atoms with Gasteiger partial charge >= 0.3 is 0 Å². The highest BCUT2D eigenvalue weighted by atomic mass is 16.5. The van der Waals surface area contributed by atoms with E-state index in [2.05, 4.69) is 10.3 Å². The molecule has 0 radical (unpaired) electrons. The van der Waals surface area contributed by atoms with Crippen LogP contribution in [0, 0.1) is 18.3 Å². The van der Waals surface area contributed by atoms with Gasteiger partial charge in [0, 0.05) is 29.7 Å². The maximum atomic E-state index is 12.0. The van der Waals surface area contributed by atoms with Crippen LogP contribution in [0.1, 0.15) is 16.1 Å². The van der Waals surface area contributed by atoms with Crippen molar-refractivity contribution in [3.8, 4) is 11.8 Å². The van der Waals surface area contributed by atoms with Crippen molar-refractivity contribution in [1.29, 1.82) is 5.26 Å². The average molecular weight is 283 g/mol. The molecule has 2 N–H and O–H groups in total. The summed E-state index contributed by atoms with van der Waals surface area (Å²) in [5.41, 5.74) is 0.850. The number of aromatic amines is 1. The number of pyridine rings is 1. The SMILES string of the molecule is Cc1cc(=O)c(C(=O)Nc2cccc(OCC#N)c2)c[nH]1. The van der Waals surface area contributed by atoms with Crippen molar-refractivity contribution in [2.75, 3.05) is 11.9 Å². The third kappa shape index (κ3) is 3.70. The number of carbonyl (C=O) groups excluding carboxylic acids is 1. The highest BCUT2D eigenvalue weighted by Gasteiger charge is 2.10. The zero-order valence-corrected chi connectivity index (χ0v) is 11.3. The number of nitrogens with one attached hydrogen (secondary N) is 2. The standard InChI is InChI=1S/C15H13N3O3/c1-10-7-14(19)13(9-17-10)15(20)18-11-3-2-4-12(8-11)21-6-5-16/h2-4,7-9H,6H2,1H3,(H,17,19)(H,18,20). The predicted molar refractivity (Wildman–Crippen MR) is 77.3 cm³/mol. The largest absolute Gasteiger partial charge is 0.479 e. The second-order valence-corrected chi connectivity index (χ2v) is 4.32. The number of hydrogen-bond acceptors (Lipinski definition) is 4. The molecule has 106 valence electrons. The molecular formula is C15H13N3O3. The summed E-state index contributed by atoms with van der Waals surface area (Å²) in [6.45, 7) is 1.66. The van der Waals surface area contributed by atoms with Crippen molar-refractivity contribution >= 4 is 11.6 Å². The summed E-state index contributed by atoms with van der Waals surface area (Å²) in [7, 11) is 0. The summed E-state index contributed by atoms with van der Waals surface area (Å²) in [4.78, 5) is 26.6. The van der Waals surface area contributed by atoms with Crippen LogP contribution in [0.25, 0.3) is 0 Å².